The first-order valence-electron chi connectivity index (χ1n) is 13.0. The van der Waals surface area contributed by atoms with E-state index in [4.69, 9.17) is 0 Å². The maximum atomic E-state index is 2.52. The van der Waals surface area contributed by atoms with Gasteiger partial charge in [-0.15, -0.1) is 0 Å². The van der Waals surface area contributed by atoms with E-state index in [9.17, 15) is 0 Å². The van der Waals surface area contributed by atoms with Crippen LogP contribution in [0.25, 0.3) is 5.69 Å². The number of aryl methyl sites for hydroxylation is 1. The minimum Gasteiger partial charge on any atom is -0.234 e. The van der Waals surface area contributed by atoms with Crippen LogP contribution in [0.1, 0.15) is 116 Å². The summed E-state index contributed by atoms with van der Waals surface area (Å²) >= 11 is 0. The van der Waals surface area contributed by atoms with Gasteiger partial charge in [-0.25, -0.2) is 4.57 Å². The van der Waals surface area contributed by atoms with Crippen LogP contribution in [0.5, 0.6) is 0 Å². The molecule has 0 saturated heterocycles. The fourth-order valence-electron chi connectivity index (χ4n) is 4.41. The van der Waals surface area contributed by atoms with Crippen molar-refractivity contribution in [1.82, 2.24) is 4.57 Å². The molecule has 0 radical (unpaired) electrons. The molecule has 168 valence electrons. The summed E-state index contributed by atoms with van der Waals surface area (Å²) < 4.78 is 4.94. The van der Waals surface area contributed by atoms with Crippen LogP contribution in [0.4, 0.5) is 0 Å². The molecule has 1 aromatic carbocycles. The minimum atomic E-state index is 1.16. The van der Waals surface area contributed by atoms with E-state index in [1.165, 1.54) is 114 Å². The van der Waals surface area contributed by atoms with E-state index in [0.29, 0.717) is 0 Å². The monoisotopic (exact) mass is 411 g/mol. The molecule has 1 heterocycles. The number of hydrogen-bond acceptors (Lipinski definition) is 0. The van der Waals surface area contributed by atoms with E-state index in [0.717, 1.165) is 6.54 Å². The van der Waals surface area contributed by atoms with Crippen molar-refractivity contribution in [3.05, 3.63) is 48.5 Å². The highest BCUT2D eigenvalue weighted by atomic mass is 15.1. The molecule has 0 fully saturated rings. The van der Waals surface area contributed by atoms with Gasteiger partial charge in [0, 0.05) is 6.42 Å². The van der Waals surface area contributed by atoms with E-state index >= 15 is 0 Å². The first kappa shape index (κ1) is 24.7. The van der Waals surface area contributed by atoms with Crippen LogP contribution in [-0.4, -0.2) is 4.57 Å². The van der Waals surface area contributed by atoms with Crippen molar-refractivity contribution in [3.8, 4) is 5.69 Å². The zero-order valence-corrected chi connectivity index (χ0v) is 20.0. The molecular formula is C28H47N2+. The molecule has 0 atom stereocenters. The molecule has 1 aromatic heterocycles. The van der Waals surface area contributed by atoms with E-state index in [1.54, 1.807) is 0 Å². The number of rotatable bonds is 18. The topological polar surface area (TPSA) is 8.81 Å². The van der Waals surface area contributed by atoms with Gasteiger partial charge >= 0.3 is 0 Å². The van der Waals surface area contributed by atoms with Crippen LogP contribution in [-0.2, 0) is 13.0 Å². The second kappa shape index (κ2) is 16.2. The molecule has 2 nitrogen and oxygen atoms in total. The molecule has 0 bridgehead atoms. The molecule has 0 saturated carbocycles. The lowest BCUT2D eigenvalue weighted by Crippen LogP contribution is -2.37. The zero-order valence-electron chi connectivity index (χ0n) is 20.0. The SMILES string of the molecule is CCCCCCCCCCCCc1n(-c2ccccc2)cc[n+]1CCCCCCC. The average Bonchev–Trinajstić information content (AvgIpc) is 3.18. The summed E-state index contributed by atoms with van der Waals surface area (Å²) in [6, 6.07) is 10.9. The zero-order chi connectivity index (χ0) is 21.3. The Morgan fingerprint density at radius 3 is 1.77 bits per heavy atom. The molecule has 2 rings (SSSR count). The second-order valence-corrected chi connectivity index (χ2v) is 8.96. The summed E-state index contributed by atoms with van der Waals surface area (Å²) in [4.78, 5) is 0. The van der Waals surface area contributed by atoms with Gasteiger partial charge in [0.1, 0.15) is 18.1 Å². The molecular weight excluding hydrogens is 364 g/mol. The molecule has 0 aliphatic heterocycles. The Bertz CT molecular complexity index is 644. The molecule has 0 N–H and O–H groups in total. The number of benzene rings is 1. The van der Waals surface area contributed by atoms with Crippen molar-refractivity contribution < 1.29 is 4.57 Å². The van der Waals surface area contributed by atoms with Gasteiger partial charge in [0.15, 0.2) is 0 Å². The molecule has 2 heteroatoms. The normalized spacial score (nSPS) is 11.3. The Morgan fingerprint density at radius 2 is 1.17 bits per heavy atom. The predicted octanol–water partition coefficient (Wildman–Crippen LogP) is 8.20. The van der Waals surface area contributed by atoms with Crippen molar-refractivity contribution in [2.24, 2.45) is 0 Å². The number of aromatic nitrogens is 2. The number of hydrogen-bond donors (Lipinski definition) is 0. The van der Waals surface area contributed by atoms with E-state index in [-0.39, 0.29) is 0 Å². The standard InChI is InChI=1S/C28H47N2/c1-3-5-7-9-10-11-12-13-14-19-23-28-29(24-20-15-8-6-4-2)25-26-30(28)27-21-17-16-18-22-27/h16-18,21-22,25-26H,3-15,19-20,23-24H2,1-2H3/q+1. The van der Waals surface area contributed by atoms with Gasteiger partial charge in [-0.3, -0.25) is 0 Å². The molecule has 0 aliphatic carbocycles. The molecule has 0 amide bonds. The number of para-hydroxylation sites is 1. The summed E-state index contributed by atoms with van der Waals surface area (Å²) in [5, 5.41) is 0. The van der Waals surface area contributed by atoms with Gasteiger partial charge in [-0.05, 0) is 31.4 Å². The highest BCUT2D eigenvalue weighted by molar-refractivity contribution is 5.31. The van der Waals surface area contributed by atoms with E-state index in [1.807, 2.05) is 0 Å². The van der Waals surface area contributed by atoms with Crippen molar-refractivity contribution in [3.63, 3.8) is 0 Å². The Kier molecular flexibility index (Phi) is 13.3. The lowest BCUT2D eigenvalue weighted by atomic mass is 10.1. The predicted molar refractivity (Wildman–Crippen MR) is 130 cm³/mol. The van der Waals surface area contributed by atoms with E-state index < -0.39 is 0 Å². The van der Waals surface area contributed by atoms with Crippen LogP contribution < -0.4 is 4.57 Å². The minimum absolute atomic E-state index is 1.16. The van der Waals surface area contributed by atoms with Gasteiger partial charge in [-0.1, -0.05) is 109 Å². The third-order valence-electron chi connectivity index (χ3n) is 6.30. The maximum absolute atomic E-state index is 2.52. The van der Waals surface area contributed by atoms with Crippen molar-refractivity contribution in [2.75, 3.05) is 0 Å². The van der Waals surface area contributed by atoms with Gasteiger partial charge < -0.3 is 0 Å². The highest BCUT2D eigenvalue weighted by Gasteiger charge is 2.18. The summed E-state index contributed by atoms with van der Waals surface area (Å²) in [5.41, 5.74) is 1.30. The largest absolute Gasteiger partial charge is 0.261 e. The van der Waals surface area contributed by atoms with Gasteiger partial charge in [-0.2, -0.15) is 4.57 Å². The van der Waals surface area contributed by atoms with Crippen LogP contribution in [0, 0.1) is 0 Å². The summed E-state index contributed by atoms with van der Waals surface area (Å²) in [6.07, 6.45) is 26.5. The van der Waals surface area contributed by atoms with Gasteiger partial charge in [0.05, 0.1) is 6.54 Å². The molecule has 0 unspecified atom stereocenters. The average molecular weight is 412 g/mol. The third kappa shape index (κ3) is 9.49. The Balaban J connectivity index is 1.79. The smallest absolute Gasteiger partial charge is 0.234 e. The van der Waals surface area contributed by atoms with Crippen molar-refractivity contribution in [1.29, 1.82) is 0 Å². The molecule has 2 aromatic rings. The summed E-state index contributed by atoms with van der Waals surface area (Å²) in [7, 11) is 0. The lowest BCUT2D eigenvalue weighted by Gasteiger charge is -2.06. The Hall–Kier alpha value is -1.57. The maximum Gasteiger partial charge on any atom is 0.261 e. The summed E-state index contributed by atoms with van der Waals surface area (Å²) in [6.45, 7) is 5.75. The fraction of sp³-hybridized carbons (Fsp3) is 0.679. The number of nitrogens with zero attached hydrogens (tertiary/aromatic N) is 2. The Morgan fingerprint density at radius 1 is 0.633 bits per heavy atom. The van der Waals surface area contributed by atoms with Gasteiger partial charge in [0.25, 0.3) is 5.82 Å². The number of imidazole rings is 1. The first-order valence-corrected chi connectivity index (χ1v) is 13.0. The van der Waals surface area contributed by atoms with Crippen molar-refractivity contribution in [2.45, 2.75) is 123 Å². The van der Waals surface area contributed by atoms with Crippen LogP contribution in [0.2, 0.25) is 0 Å². The van der Waals surface area contributed by atoms with Crippen LogP contribution in [0.3, 0.4) is 0 Å². The lowest BCUT2D eigenvalue weighted by molar-refractivity contribution is -0.704. The van der Waals surface area contributed by atoms with E-state index in [2.05, 4.69) is 65.7 Å². The van der Waals surface area contributed by atoms with Crippen molar-refractivity contribution >= 4 is 0 Å². The highest BCUT2D eigenvalue weighted by Crippen LogP contribution is 2.15. The van der Waals surface area contributed by atoms with Crippen LogP contribution >= 0.6 is 0 Å². The summed E-state index contributed by atoms with van der Waals surface area (Å²) in [5.74, 6) is 1.48. The fourth-order valence-corrected chi connectivity index (χ4v) is 4.41. The molecule has 0 spiro atoms. The molecule has 30 heavy (non-hydrogen) atoms. The first-order chi connectivity index (χ1) is 14.9. The second-order valence-electron chi connectivity index (χ2n) is 8.96. The quantitative estimate of drug-likeness (QED) is 0.173. The van der Waals surface area contributed by atoms with Crippen LogP contribution in [0.15, 0.2) is 42.7 Å². The molecule has 0 aliphatic rings. The Labute approximate surface area is 186 Å². The number of unbranched alkanes of at least 4 members (excludes halogenated alkanes) is 13. The third-order valence-corrected chi connectivity index (χ3v) is 6.30. The van der Waals surface area contributed by atoms with Gasteiger partial charge in [0.2, 0.25) is 0 Å².